The van der Waals surface area contributed by atoms with Crippen molar-refractivity contribution in [1.82, 2.24) is 14.8 Å². The number of rotatable bonds is 3. The Bertz CT molecular complexity index is 380. The summed E-state index contributed by atoms with van der Waals surface area (Å²) in [5.74, 6) is 3.49. The van der Waals surface area contributed by atoms with Crippen LogP contribution in [-0.4, -0.2) is 21.3 Å². The summed E-state index contributed by atoms with van der Waals surface area (Å²) in [4.78, 5) is 0. The van der Waals surface area contributed by atoms with Crippen LogP contribution in [0, 0.1) is 12.8 Å². The maximum Gasteiger partial charge on any atom is 0.136 e. The van der Waals surface area contributed by atoms with Gasteiger partial charge in [-0.05, 0) is 45.1 Å². The van der Waals surface area contributed by atoms with E-state index >= 15 is 0 Å². The van der Waals surface area contributed by atoms with Crippen LogP contribution in [0.4, 0.5) is 0 Å². The van der Waals surface area contributed by atoms with E-state index in [1.165, 1.54) is 37.9 Å². The predicted octanol–water partition coefficient (Wildman–Crippen LogP) is 1.76. The predicted molar refractivity (Wildman–Crippen MR) is 62.2 cm³/mol. The fraction of sp³-hybridized carbons (Fsp3) is 0.833. The molecule has 1 aromatic rings. The number of hydrogen-bond acceptors (Lipinski definition) is 3. The molecule has 4 heteroatoms. The molecular weight excluding hydrogens is 200 g/mol. The molecule has 16 heavy (non-hydrogen) atoms. The van der Waals surface area contributed by atoms with Gasteiger partial charge in [0, 0.05) is 12.0 Å². The molecule has 0 spiro atoms. The van der Waals surface area contributed by atoms with Crippen LogP contribution < -0.4 is 5.73 Å². The fourth-order valence-corrected chi connectivity index (χ4v) is 3.08. The van der Waals surface area contributed by atoms with Crippen molar-refractivity contribution in [2.24, 2.45) is 11.7 Å². The van der Waals surface area contributed by atoms with Crippen molar-refractivity contribution in [3.63, 3.8) is 0 Å². The maximum absolute atomic E-state index is 5.85. The highest BCUT2D eigenvalue weighted by Gasteiger charge is 2.35. The van der Waals surface area contributed by atoms with Crippen LogP contribution in [0.3, 0.4) is 0 Å². The Hall–Kier alpha value is -0.900. The molecule has 1 heterocycles. The van der Waals surface area contributed by atoms with Gasteiger partial charge in [0.25, 0.3) is 0 Å². The normalized spacial score (nSPS) is 29.9. The lowest BCUT2D eigenvalue weighted by Crippen LogP contribution is -2.20. The van der Waals surface area contributed by atoms with E-state index in [4.69, 9.17) is 5.73 Å². The third-order valence-electron chi connectivity index (χ3n) is 4.10. The minimum Gasteiger partial charge on any atom is -0.330 e. The van der Waals surface area contributed by atoms with Crippen LogP contribution in [0.5, 0.6) is 0 Å². The highest BCUT2D eigenvalue weighted by molar-refractivity contribution is 5.09. The zero-order chi connectivity index (χ0) is 11.1. The lowest BCUT2D eigenvalue weighted by Gasteiger charge is -2.18. The molecule has 2 fully saturated rings. The lowest BCUT2D eigenvalue weighted by atomic mass is 9.95. The fourth-order valence-electron chi connectivity index (χ4n) is 3.08. The van der Waals surface area contributed by atoms with Crippen LogP contribution in [0.2, 0.25) is 0 Å². The summed E-state index contributed by atoms with van der Waals surface area (Å²) in [6.45, 7) is 2.86. The van der Waals surface area contributed by atoms with Crippen LogP contribution in [0.15, 0.2) is 0 Å². The Morgan fingerprint density at radius 3 is 2.75 bits per heavy atom. The van der Waals surface area contributed by atoms with Gasteiger partial charge in [-0.2, -0.15) is 0 Å². The van der Waals surface area contributed by atoms with Crippen LogP contribution >= 0.6 is 0 Å². The highest BCUT2D eigenvalue weighted by atomic mass is 15.3. The molecule has 0 amide bonds. The molecule has 2 N–H and O–H groups in total. The van der Waals surface area contributed by atoms with Gasteiger partial charge in [0.05, 0.1) is 0 Å². The van der Waals surface area contributed by atoms with E-state index in [9.17, 15) is 0 Å². The van der Waals surface area contributed by atoms with Gasteiger partial charge in [-0.3, -0.25) is 0 Å². The Morgan fingerprint density at radius 1 is 1.25 bits per heavy atom. The van der Waals surface area contributed by atoms with Crippen molar-refractivity contribution in [1.29, 1.82) is 0 Å². The molecule has 2 saturated carbocycles. The summed E-state index contributed by atoms with van der Waals surface area (Å²) >= 11 is 0. The molecule has 1 aromatic heterocycles. The Kier molecular flexibility index (Phi) is 2.46. The summed E-state index contributed by atoms with van der Waals surface area (Å²) in [6.07, 6.45) is 6.39. The Labute approximate surface area is 96.2 Å². The zero-order valence-electron chi connectivity index (χ0n) is 9.89. The monoisotopic (exact) mass is 220 g/mol. The van der Waals surface area contributed by atoms with E-state index in [2.05, 4.69) is 21.7 Å². The van der Waals surface area contributed by atoms with Crippen LogP contribution in [0.25, 0.3) is 0 Å². The average molecular weight is 220 g/mol. The topological polar surface area (TPSA) is 56.7 Å². The van der Waals surface area contributed by atoms with Gasteiger partial charge in [-0.1, -0.05) is 6.42 Å². The molecule has 0 radical (unpaired) electrons. The van der Waals surface area contributed by atoms with Crippen molar-refractivity contribution >= 4 is 0 Å². The van der Waals surface area contributed by atoms with Gasteiger partial charge in [0.2, 0.25) is 0 Å². The molecule has 0 aliphatic heterocycles. The van der Waals surface area contributed by atoms with Crippen molar-refractivity contribution in [2.45, 2.75) is 51.0 Å². The Morgan fingerprint density at radius 2 is 2.06 bits per heavy atom. The van der Waals surface area contributed by atoms with E-state index in [1.54, 1.807) is 0 Å². The van der Waals surface area contributed by atoms with Gasteiger partial charge >= 0.3 is 0 Å². The summed E-state index contributed by atoms with van der Waals surface area (Å²) < 4.78 is 2.37. The van der Waals surface area contributed by atoms with Gasteiger partial charge in [0.1, 0.15) is 11.6 Å². The number of nitrogens with two attached hydrogens (primary N) is 1. The van der Waals surface area contributed by atoms with Crippen molar-refractivity contribution in [2.75, 3.05) is 6.54 Å². The minimum atomic E-state index is 0.562. The van der Waals surface area contributed by atoms with Crippen LogP contribution in [-0.2, 0) is 0 Å². The molecule has 3 rings (SSSR count). The first kappa shape index (κ1) is 10.3. The summed E-state index contributed by atoms with van der Waals surface area (Å²) in [5.41, 5.74) is 5.85. The SMILES string of the molecule is Cc1nnc(C2CCCC2CN)n1C1CC1. The smallest absolute Gasteiger partial charge is 0.136 e. The largest absolute Gasteiger partial charge is 0.330 e. The van der Waals surface area contributed by atoms with E-state index in [0.29, 0.717) is 17.9 Å². The first-order valence-corrected chi connectivity index (χ1v) is 6.42. The molecule has 0 aromatic carbocycles. The van der Waals surface area contributed by atoms with Gasteiger partial charge in [-0.15, -0.1) is 10.2 Å². The molecule has 2 unspecified atom stereocenters. The van der Waals surface area contributed by atoms with E-state index in [1.807, 2.05) is 0 Å². The van der Waals surface area contributed by atoms with Gasteiger partial charge in [-0.25, -0.2) is 0 Å². The summed E-state index contributed by atoms with van der Waals surface area (Å²) in [7, 11) is 0. The van der Waals surface area contributed by atoms with E-state index < -0.39 is 0 Å². The molecule has 2 atom stereocenters. The third kappa shape index (κ3) is 1.56. The quantitative estimate of drug-likeness (QED) is 0.844. The molecule has 2 aliphatic rings. The number of hydrogen-bond donors (Lipinski definition) is 1. The van der Waals surface area contributed by atoms with Crippen molar-refractivity contribution < 1.29 is 0 Å². The third-order valence-corrected chi connectivity index (χ3v) is 4.10. The second-order valence-electron chi connectivity index (χ2n) is 5.24. The maximum atomic E-state index is 5.85. The first-order valence-electron chi connectivity index (χ1n) is 6.42. The van der Waals surface area contributed by atoms with Crippen molar-refractivity contribution in [3.8, 4) is 0 Å². The molecule has 2 aliphatic carbocycles. The highest BCUT2D eigenvalue weighted by Crippen LogP contribution is 2.43. The molecule has 4 nitrogen and oxygen atoms in total. The second-order valence-corrected chi connectivity index (χ2v) is 5.24. The second kappa shape index (κ2) is 3.84. The molecular formula is C12H20N4. The summed E-state index contributed by atoms with van der Waals surface area (Å²) in [6, 6.07) is 0.684. The van der Waals surface area contributed by atoms with Gasteiger partial charge < -0.3 is 10.3 Å². The number of aryl methyl sites for hydroxylation is 1. The van der Waals surface area contributed by atoms with E-state index in [0.717, 1.165) is 12.4 Å². The summed E-state index contributed by atoms with van der Waals surface area (Å²) in [5, 5.41) is 8.68. The minimum absolute atomic E-state index is 0.562. The molecule has 0 saturated heterocycles. The van der Waals surface area contributed by atoms with Crippen molar-refractivity contribution in [3.05, 3.63) is 11.6 Å². The standard InChI is InChI=1S/C12H20N4/c1-8-14-15-12(16(8)10-5-6-10)11-4-2-3-9(11)7-13/h9-11H,2-7,13H2,1H3. The Balaban J connectivity index is 1.93. The van der Waals surface area contributed by atoms with E-state index in [-0.39, 0.29) is 0 Å². The first-order chi connectivity index (χ1) is 7.81. The number of aromatic nitrogens is 3. The van der Waals surface area contributed by atoms with Gasteiger partial charge in [0.15, 0.2) is 0 Å². The average Bonchev–Trinajstić information content (AvgIpc) is 2.89. The number of nitrogens with zero attached hydrogens (tertiary/aromatic N) is 3. The molecule has 88 valence electrons. The molecule has 0 bridgehead atoms. The zero-order valence-corrected chi connectivity index (χ0v) is 9.89. The van der Waals surface area contributed by atoms with Crippen LogP contribution in [0.1, 0.15) is 55.7 Å². The lowest BCUT2D eigenvalue weighted by molar-refractivity contribution is 0.456.